The predicted octanol–water partition coefficient (Wildman–Crippen LogP) is 4.10. The lowest BCUT2D eigenvalue weighted by Crippen LogP contribution is -2.58. The number of halogens is 1. The summed E-state index contributed by atoms with van der Waals surface area (Å²) in [6.45, 7) is 5.50. The number of aromatic nitrogens is 2. The lowest BCUT2D eigenvalue weighted by molar-refractivity contribution is -0.152. The van der Waals surface area contributed by atoms with Gasteiger partial charge in [0.05, 0.1) is 25.3 Å². The molecule has 1 aromatic heterocycles. The molecule has 8 nitrogen and oxygen atoms in total. The van der Waals surface area contributed by atoms with Crippen molar-refractivity contribution in [1.82, 2.24) is 19.6 Å². The van der Waals surface area contributed by atoms with Gasteiger partial charge in [0.25, 0.3) is 5.91 Å². The average Bonchev–Trinajstić information content (AvgIpc) is 3.27. The highest BCUT2D eigenvalue weighted by Gasteiger charge is 2.42. The molecule has 0 N–H and O–H groups in total. The van der Waals surface area contributed by atoms with E-state index in [1.54, 1.807) is 28.6 Å². The molecule has 0 bridgehead atoms. The molecule has 1 saturated heterocycles. The van der Waals surface area contributed by atoms with Crippen molar-refractivity contribution in [3.8, 4) is 5.75 Å². The van der Waals surface area contributed by atoms with Gasteiger partial charge in [-0.25, -0.2) is 4.39 Å². The molecule has 0 saturated carbocycles. The van der Waals surface area contributed by atoms with Crippen LogP contribution in [0.1, 0.15) is 42.0 Å². The number of hydrogen-bond acceptors (Lipinski definition) is 5. The molecule has 2 aromatic carbocycles. The summed E-state index contributed by atoms with van der Waals surface area (Å²) in [4.78, 5) is 30.4. The number of rotatable bonds is 10. The lowest BCUT2D eigenvalue weighted by Gasteiger charge is -2.42. The van der Waals surface area contributed by atoms with Crippen LogP contribution in [0.2, 0.25) is 0 Å². The molecule has 9 heteroatoms. The Labute approximate surface area is 229 Å². The van der Waals surface area contributed by atoms with Crippen molar-refractivity contribution >= 4 is 11.8 Å². The molecule has 0 aliphatic carbocycles. The summed E-state index contributed by atoms with van der Waals surface area (Å²) in [5, 5.41) is 4.52. The fourth-order valence-electron chi connectivity index (χ4n) is 4.77. The third kappa shape index (κ3) is 7.44. The van der Waals surface area contributed by atoms with Crippen LogP contribution < -0.4 is 4.74 Å². The quantitative estimate of drug-likeness (QED) is 0.390. The number of carbonyl (C=O) groups is 2. The molecular weight excluding hydrogens is 499 g/mol. The summed E-state index contributed by atoms with van der Waals surface area (Å²) < 4.78 is 27.3. The Balaban J connectivity index is 1.53. The van der Waals surface area contributed by atoms with E-state index >= 15 is 0 Å². The number of benzene rings is 2. The third-order valence-electron chi connectivity index (χ3n) is 6.78. The van der Waals surface area contributed by atoms with Crippen molar-refractivity contribution < 1.29 is 23.5 Å². The van der Waals surface area contributed by atoms with E-state index < -0.39 is 5.60 Å². The molecule has 0 spiro atoms. The van der Waals surface area contributed by atoms with Gasteiger partial charge in [-0.1, -0.05) is 44.2 Å². The monoisotopic (exact) mass is 536 g/mol. The van der Waals surface area contributed by atoms with Crippen molar-refractivity contribution in [1.29, 1.82) is 0 Å². The first-order chi connectivity index (χ1) is 18.6. The van der Waals surface area contributed by atoms with Crippen LogP contribution in [0.3, 0.4) is 0 Å². The maximum absolute atomic E-state index is 13.6. The second-order valence-electron chi connectivity index (χ2n) is 10.7. The zero-order valence-electron chi connectivity index (χ0n) is 23.1. The van der Waals surface area contributed by atoms with Crippen LogP contribution in [-0.2, 0) is 29.5 Å². The van der Waals surface area contributed by atoms with Crippen LogP contribution >= 0.6 is 0 Å². The Morgan fingerprint density at radius 3 is 2.56 bits per heavy atom. The molecule has 1 aliphatic heterocycles. The maximum Gasteiger partial charge on any atom is 0.272 e. The Bertz CT molecular complexity index is 1260. The van der Waals surface area contributed by atoms with E-state index in [4.69, 9.17) is 9.47 Å². The third-order valence-corrected chi connectivity index (χ3v) is 6.78. The molecule has 208 valence electrons. The molecule has 3 aromatic rings. The Morgan fingerprint density at radius 1 is 1.15 bits per heavy atom. The summed E-state index contributed by atoms with van der Waals surface area (Å²) in [5.74, 6) is 0.211. The molecule has 2 amide bonds. The summed E-state index contributed by atoms with van der Waals surface area (Å²) in [6, 6.07) is 17.3. The van der Waals surface area contributed by atoms with Crippen LogP contribution in [-0.4, -0.2) is 70.3 Å². The van der Waals surface area contributed by atoms with Crippen LogP contribution in [0.4, 0.5) is 4.39 Å². The van der Waals surface area contributed by atoms with Gasteiger partial charge in [-0.3, -0.25) is 14.3 Å². The first-order valence-electron chi connectivity index (χ1n) is 13.3. The van der Waals surface area contributed by atoms with Gasteiger partial charge in [-0.2, -0.15) is 5.10 Å². The number of morpholine rings is 1. The SMILES string of the molecule is CC(C)Cc1cc(C(=O)N2CCOC(COc3ccc(F)cc3)(CC(=O)N(C)Cc3ccccc3)C2)n(C)n1. The number of ether oxygens (including phenoxy) is 2. The summed E-state index contributed by atoms with van der Waals surface area (Å²) in [5.41, 5.74) is 1.30. The molecule has 2 heterocycles. The van der Waals surface area contributed by atoms with Gasteiger partial charge >= 0.3 is 0 Å². The van der Waals surface area contributed by atoms with E-state index in [1.807, 2.05) is 36.4 Å². The van der Waals surface area contributed by atoms with E-state index in [1.165, 1.54) is 24.3 Å². The topological polar surface area (TPSA) is 76.9 Å². The zero-order chi connectivity index (χ0) is 28.0. The van der Waals surface area contributed by atoms with Gasteiger partial charge in [0.15, 0.2) is 0 Å². The molecule has 1 aliphatic rings. The molecule has 1 atom stereocenters. The minimum atomic E-state index is -1.08. The Kier molecular flexibility index (Phi) is 9.01. The van der Waals surface area contributed by atoms with Crippen molar-refractivity contribution in [2.24, 2.45) is 13.0 Å². The van der Waals surface area contributed by atoms with Gasteiger partial charge < -0.3 is 19.3 Å². The van der Waals surface area contributed by atoms with E-state index in [9.17, 15) is 14.0 Å². The van der Waals surface area contributed by atoms with Gasteiger partial charge in [0.2, 0.25) is 5.91 Å². The van der Waals surface area contributed by atoms with E-state index in [0.29, 0.717) is 30.5 Å². The van der Waals surface area contributed by atoms with Gasteiger partial charge in [0, 0.05) is 27.2 Å². The largest absolute Gasteiger partial charge is 0.490 e. The number of amides is 2. The standard InChI is InChI=1S/C30H37FN4O4/c1-22(2)16-25-17-27(34(4)32-25)29(37)35-14-15-39-30(20-35,21-38-26-12-10-24(31)11-13-26)18-28(36)33(3)19-23-8-6-5-7-9-23/h5-13,17,22H,14-16,18-21H2,1-4H3. The van der Waals surface area contributed by atoms with Crippen molar-refractivity contribution in [3.63, 3.8) is 0 Å². The normalized spacial score (nSPS) is 17.3. The molecule has 0 radical (unpaired) electrons. The summed E-state index contributed by atoms with van der Waals surface area (Å²) >= 11 is 0. The van der Waals surface area contributed by atoms with Crippen LogP contribution in [0.5, 0.6) is 5.75 Å². The van der Waals surface area contributed by atoms with Crippen molar-refractivity contribution in [2.45, 2.75) is 38.8 Å². The predicted molar refractivity (Wildman–Crippen MR) is 146 cm³/mol. The van der Waals surface area contributed by atoms with E-state index in [2.05, 4.69) is 18.9 Å². The molecule has 1 fully saturated rings. The zero-order valence-corrected chi connectivity index (χ0v) is 23.1. The smallest absolute Gasteiger partial charge is 0.272 e. The molecular formula is C30H37FN4O4. The second-order valence-corrected chi connectivity index (χ2v) is 10.7. The Morgan fingerprint density at radius 2 is 1.87 bits per heavy atom. The maximum atomic E-state index is 13.6. The second kappa shape index (κ2) is 12.4. The van der Waals surface area contributed by atoms with Crippen LogP contribution in [0.15, 0.2) is 60.7 Å². The van der Waals surface area contributed by atoms with Crippen LogP contribution in [0.25, 0.3) is 0 Å². The minimum absolute atomic E-state index is 0.0191. The fourth-order valence-corrected chi connectivity index (χ4v) is 4.77. The fraction of sp³-hybridized carbons (Fsp3) is 0.433. The Hall–Kier alpha value is -3.72. The molecule has 4 rings (SSSR count). The van der Waals surface area contributed by atoms with Crippen molar-refractivity contribution in [3.05, 3.63) is 83.4 Å². The average molecular weight is 537 g/mol. The first-order valence-corrected chi connectivity index (χ1v) is 13.3. The minimum Gasteiger partial charge on any atom is -0.490 e. The number of hydrogen-bond donors (Lipinski definition) is 0. The number of carbonyl (C=O) groups excluding carboxylic acids is 2. The highest BCUT2D eigenvalue weighted by Crippen LogP contribution is 2.27. The van der Waals surface area contributed by atoms with Gasteiger partial charge in [0.1, 0.15) is 29.5 Å². The van der Waals surface area contributed by atoms with E-state index in [-0.39, 0.29) is 43.8 Å². The highest BCUT2D eigenvalue weighted by molar-refractivity contribution is 5.93. The van der Waals surface area contributed by atoms with Crippen molar-refractivity contribution in [2.75, 3.05) is 33.4 Å². The number of aryl methyl sites for hydroxylation is 1. The lowest BCUT2D eigenvalue weighted by atomic mass is 9.96. The molecule has 39 heavy (non-hydrogen) atoms. The molecule has 1 unspecified atom stereocenters. The van der Waals surface area contributed by atoms with E-state index in [0.717, 1.165) is 17.7 Å². The first kappa shape index (κ1) is 28.3. The summed E-state index contributed by atoms with van der Waals surface area (Å²) in [7, 11) is 3.52. The van der Waals surface area contributed by atoms with Gasteiger partial charge in [-0.15, -0.1) is 0 Å². The summed E-state index contributed by atoms with van der Waals surface area (Å²) in [6.07, 6.45) is 0.799. The van der Waals surface area contributed by atoms with Crippen LogP contribution in [0, 0.1) is 11.7 Å². The van der Waals surface area contributed by atoms with Gasteiger partial charge in [-0.05, 0) is 48.2 Å². The highest BCUT2D eigenvalue weighted by atomic mass is 19.1. The number of nitrogens with zero attached hydrogens (tertiary/aromatic N) is 4.